The molecule has 0 aliphatic heterocycles. The fourth-order valence-corrected chi connectivity index (χ4v) is 3.20. The van der Waals surface area contributed by atoms with Crippen molar-refractivity contribution in [2.24, 2.45) is 4.99 Å². The van der Waals surface area contributed by atoms with Crippen LogP contribution in [0.1, 0.15) is 30.0 Å². The minimum Gasteiger partial charge on any atom is -0.493 e. The predicted molar refractivity (Wildman–Crippen MR) is 138 cm³/mol. The molecule has 0 radical (unpaired) electrons. The Bertz CT molecular complexity index is 814. The zero-order valence-corrected chi connectivity index (χ0v) is 21.6. The molecular formula is C24H36IN3O3. The van der Waals surface area contributed by atoms with Crippen LogP contribution < -0.4 is 14.8 Å². The quantitative estimate of drug-likeness (QED) is 0.197. The van der Waals surface area contributed by atoms with E-state index >= 15 is 0 Å². The number of aliphatic imine (C=N–C) groups is 1. The molecule has 2 rings (SSSR count). The van der Waals surface area contributed by atoms with E-state index in [1.807, 2.05) is 26.2 Å². The number of hydrogen-bond acceptors (Lipinski definition) is 4. The van der Waals surface area contributed by atoms with Crippen molar-refractivity contribution in [3.8, 4) is 11.5 Å². The number of likely N-dealkylation sites (N-methyl/N-ethyl adjacent to an activating group) is 1. The number of hydrogen-bond donors (Lipinski definition) is 1. The van der Waals surface area contributed by atoms with Crippen LogP contribution in [0.4, 0.5) is 0 Å². The predicted octanol–water partition coefficient (Wildman–Crippen LogP) is 4.50. The lowest BCUT2D eigenvalue weighted by Crippen LogP contribution is -2.39. The molecule has 2 aromatic rings. The maximum atomic E-state index is 5.73. The first-order valence-corrected chi connectivity index (χ1v) is 10.4. The third-order valence-electron chi connectivity index (χ3n) is 4.92. The smallest absolute Gasteiger partial charge is 0.193 e. The van der Waals surface area contributed by atoms with Gasteiger partial charge in [0.05, 0.1) is 20.8 Å². The van der Waals surface area contributed by atoms with E-state index in [0.717, 1.165) is 43.5 Å². The van der Waals surface area contributed by atoms with Gasteiger partial charge in [-0.05, 0) is 41.7 Å². The van der Waals surface area contributed by atoms with Gasteiger partial charge < -0.3 is 24.4 Å². The maximum absolute atomic E-state index is 5.73. The van der Waals surface area contributed by atoms with Crippen molar-refractivity contribution in [2.75, 3.05) is 41.5 Å². The number of halogens is 1. The summed E-state index contributed by atoms with van der Waals surface area (Å²) in [6, 6.07) is 14.4. The largest absolute Gasteiger partial charge is 0.493 e. The lowest BCUT2D eigenvalue weighted by atomic mass is 10.1. The lowest BCUT2D eigenvalue weighted by Gasteiger charge is -2.23. The number of methoxy groups -OCH3 is 2. The van der Waals surface area contributed by atoms with E-state index in [1.54, 1.807) is 14.2 Å². The first kappa shape index (κ1) is 27.0. The van der Waals surface area contributed by atoms with Crippen LogP contribution in [0, 0.1) is 0 Å². The van der Waals surface area contributed by atoms with Gasteiger partial charge in [-0.3, -0.25) is 4.99 Å². The Hall–Kier alpha value is -2.00. The van der Waals surface area contributed by atoms with E-state index in [-0.39, 0.29) is 24.0 Å². The molecule has 0 saturated heterocycles. The fraction of sp³-hybridized carbons (Fsp3) is 0.458. The average molecular weight is 541 g/mol. The van der Waals surface area contributed by atoms with Crippen LogP contribution in [-0.4, -0.2) is 52.3 Å². The molecule has 0 amide bonds. The Balaban J connectivity index is 0.00000480. The summed E-state index contributed by atoms with van der Waals surface area (Å²) in [6.45, 7) is 5.08. The zero-order chi connectivity index (χ0) is 21.8. The van der Waals surface area contributed by atoms with Gasteiger partial charge in [-0.25, -0.2) is 0 Å². The summed E-state index contributed by atoms with van der Waals surface area (Å²) < 4.78 is 16.4. The van der Waals surface area contributed by atoms with Crippen molar-refractivity contribution in [3.05, 3.63) is 59.2 Å². The molecule has 6 nitrogen and oxygen atoms in total. The van der Waals surface area contributed by atoms with E-state index in [4.69, 9.17) is 14.2 Å². The van der Waals surface area contributed by atoms with E-state index in [9.17, 15) is 0 Å². The summed E-state index contributed by atoms with van der Waals surface area (Å²) in [5.74, 6) is 2.36. The van der Waals surface area contributed by atoms with Gasteiger partial charge in [-0.15, -0.1) is 24.0 Å². The molecule has 0 aliphatic carbocycles. The SMILES string of the molecule is CCCOCc1ccccc1CNC(=NC)N(C)CCc1ccc(OC)c(OC)c1.I. The molecule has 0 bridgehead atoms. The van der Waals surface area contributed by atoms with Crippen LogP contribution >= 0.6 is 24.0 Å². The van der Waals surface area contributed by atoms with E-state index < -0.39 is 0 Å². The van der Waals surface area contributed by atoms with Crippen molar-refractivity contribution in [1.29, 1.82) is 0 Å². The summed E-state index contributed by atoms with van der Waals surface area (Å²) in [5, 5.41) is 3.47. The molecule has 31 heavy (non-hydrogen) atoms. The Labute approximate surface area is 204 Å². The Morgan fingerprint density at radius 3 is 2.39 bits per heavy atom. The molecule has 1 N–H and O–H groups in total. The average Bonchev–Trinajstić information content (AvgIpc) is 2.78. The van der Waals surface area contributed by atoms with Crippen molar-refractivity contribution in [1.82, 2.24) is 10.2 Å². The highest BCUT2D eigenvalue weighted by molar-refractivity contribution is 14.0. The number of guanidine groups is 1. The van der Waals surface area contributed by atoms with Gasteiger partial charge in [0.1, 0.15) is 0 Å². The molecule has 0 spiro atoms. The standard InChI is InChI=1S/C24H35N3O3.HI/c1-6-15-30-18-21-10-8-7-9-20(21)17-26-24(25-2)27(3)14-13-19-11-12-22(28-4)23(16-19)29-5;/h7-12,16H,6,13-15,17-18H2,1-5H3,(H,25,26);1H. The molecule has 0 heterocycles. The second-order valence-electron chi connectivity index (χ2n) is 7.08. The number of nitrogens with one attached hydrogen (secondary N) is 1. The minimum atomic E-state index is 0. The summed E-state index contributed by atoms with van der Waals surface area (Å²) in [6.07, 6.45) is 1.90. The third-order valence-corrected chi connectivity index (χ3v) is 4.92. The van der Waals surface area contributed by atoms with Gasteiger partial charge >= 0.3 is 0 Å². The third kappa shape index (κ3) is 8.57. The first-order chi connectivity index (χ1) is 14.6. The first-order valence-electron chi connectivity index (χ1n) is 10.4. The summed E-state index contributed by atoms with van der Waals surface area (Å²) >= 11 is 0. The lowest BCUT2D eigenvalue weighted by molar-refractivity contribution is 0.121. The van der Waals surface area contributed by atoms with E-state index in [2.05, 4.69) is 52.5 Å². The number of benzene rings is 2. The monoisotopic (exact) mass is 541 g/mol. The molecule has 0 fully saturated rings. The highest BCUT2D eigenvalue weighted by atomic mass is 127. The van der Waals surface area contributed by atoms with Gasteiger partial charge in [0, 0.05) is 33.8 Å². The molecule has 0 unspecified atom stereocenters. The molecule has 0 atom stereocenters. The van der Waals surface area contributed by atoms with Gasteiger partial charge in [0.25, 0.3) is 0 Å². The van der Waals surface area contributed by atoms with E-state index in [0.29, 0.717) is 13.2 Å². The molecule has 0 aromatic heterocycles. The number of nitrogens with zero attached hydrogens (tertiary/aromatic N) is 2. The second kappa shape index (κ2) is 14.9. The Kier molecular flexibility index (Phi) is 13.0. The van der Waals surface area contributed by atoms with Gasteiger partial charge in [0.15, 0.2) is 17.5 Å². The number of rotatable bonds is 11. The second-order valence-corrected chi connectivity index (χ2v) is 7.08. The Morgan fingerprint density at radius 1 is 1.03 bits per heavy atom. The van der Waals surface area contributed by atoms with Crippen LogP contribution in [0.2, 0.25) is 0 Å². The van der Waals surface area contributed by atoms with Crippen molar-refractivity contribution >= 4 is 29.9 Å². The molecule has 7 heteroatoms. The number of ether oxygens (including phenoxy) is 3. The molecule has 172 valence electrons. The van der Waals surface area contributed by atoms with Crippen LogP contribution in [0.15, 0.2) is 47.5 Å². The van der Waals surface area contributed by atoms with E-state index in [1.165, 1.54) is 16.7 Å². The van der Waals surface area contributed by atoms with Crippen molar-refractivity contribution < 1.29 is 14.2 Å². The highest BCUT2D eigenvalue weighted by Gasteiger charge is 2.10. The normalized spacial score (nSPS) is 10.9. The topological polar surface area (TPSA) is 55.3 Å². The minimum absolute atomic E-state index is 0. The maximum Gasteiger partial charge on any atom is 0.193 e. The highest BCUT2D eigenvalue weighted by Crippen LogP contribution is 2.27. The molecule has 0 aliphatic rings. The zero-order valence-electron chi connectivity index (χ0n) is 19.3. The summed E-state index contributed by atoms with van der Waals surface area (Å²) in [7, 11) is 7.16. The van der Waals surface area contributed by atoms with Gasteiger partial charge in [-0.1, -0.05) is 37.3 Å². The summed E-state index contributed by atoms with van der Waals surface area (Å²) in [4.78, 5) is 6.57. The molecule has 2 aromatic carbocycles. The van der Waals surface area contributed by atoms with Crippen LogP contribution in [0.25, 0.3) is 0 Å². The van der Waals surface area contributed by atoms with Crippen molar-refractivity contribution in [3.63, 3.8) is 0 Å². The van der Waals surface area contributed by atoms with Crippen LogP contribution in [0.5, 0.6) is 11.5 Å². The van der Waals surface area contributed by atoms with Crippen LogP contribution in [0.3, 0.4) is 0 Å². The van der Waals surface area contributed by atoms with Crippen molar-refractivity contribution in [2.45, 2.75) is 32.9 Å². The van der Waals surface area contributed by atoms with Gasteiger partial charge in [0.2, 0.25) is 0 Å². The fourth-order valence-electron chi connectivity index (χ4n) is 3.20. The molecular weight excluding hydrogens is 505 g/mol. The van der Waals surface area contributed by atoms with Gasteiger partial charge in [-0.2, -0.15) is 0 Å². The van der Waals surface area contributed by atoms with Crippen LogP contribution in [-0.2, 0) is 24.3 Å². The molecule has 0 saturated carbocycles. The summed E-state index contributed by atoms with van der Waals surface area (Å²) in [5.41, 5.74) is 3.62. The Morgan fingerprint density at radius 2 is 1.74 bits per heavy atom.